The van der Waals surface area contributed by atoms with E-state index in [1.54, 1.807) is 18.2 Å². The number of aromatic hydroxyl groups is 3. The number of phenolic OH excluding ortho intramolecular Hbond substituents is 3. The summed E-state index contributed by atoms with van der Waals surface area (Å²) in [7, 11) is 0. The Kier molecular flexibility index (Phi) is 6.14. The molecule has 5 nitrogen and oxygen atoms in total. The normalized spacial score (nSPS) is 20.5. The molecule has 172 valence electrons. The summed E-state index contributed by atoms with van der Waals surface area (Å²) in [6.07, 6.45) is 4.23. The van der Waals surface area contributed by atoms with E-state index < -0.39 is 0 Å². The minimum absolute atomic E-state index is 0.0578. The van der Waals surface area contributed by atoms with Crippen LogP contribution in [0.4, 0.5) is 0 Å². The lowest BCUT2D eigenvalue weighted by Gasteiger charge is -2.35. The summed E-state index contributed by atoms with van der Waals surface area (Å²) in [6.45, 7) is 3.97. The fraction of sp³-hybridized carbons (Fsp3) is 0.357. The van der Waals surface area contributed by atoms with E-state index in [2.05, 4.69) is 17.0 Å². The number of benzene rings is 3. The van der Waals surface area contributed by atoms with Gasteiger partial charge in [-0.3, -0.25) is 4.90 Å². The molecule has 0 bridgehead atoms. The van der Waals surface area contributed by atoms with Gasteiger partial charge in [-0.25, -0.2) is 0 Å². The molecule has 33 heavy (non-hydrogen) atoms. The molecule has 2 atom stereocenters. The summed E-state index contributed by atoms with van der Waals surface area (Å²) in [5, 5.41) is 30.6. The van der Waals surface area contributed by atoms with Crippen molar-refractivity contribution in [2.45, 2.75) is 37.5 Å². The number of hydrogen-bond donors (Lipinski definition) is 3. The van der Waals surface area contributed by atoms with Gasteiger partial charge in [0.1, 0.15) is 29.6 Å². The van der Waals surface area contributed by atoms with E-state index in [9.17, 15) is 15.3 Å². The molecule has 5 rings (SSSR count). The minimum Gasteiger partial charge on any atom is -0.508 e. The first kappa shape index (κ1) is 21.7. The molecule has 0 aromatic heterocycles. The van der Waals surface area contributed by atoms with Crippen molar-refractivity contribution in [2.24, 2.45) is 0 Å². The standard InChI is InChI=1S/C28H31NO4/c30-22-8-3-19(4-9-22)25-12-7-21-17-23(31)18-26(32)28(21)27(25)20-5-10-24(11-6-20)33-16-15-29-13-1-2-14-29/h3-6,8-11,17-18,25,27,30-32H,1-2,7,12-16H2/t25-,27+/m1/s1. The lowest BCUT2D eigenvalue weighted by Crippen LogP contribution is -2.25. The van der Waals surface area contributed by atoms with E-state index in [4.69, 9.17) is 4.74 Å². The molecule has 2 aliphatic rings. The average molecular weight is 446 g/mol. The molecule has 1 aliphatic heterocycles. The van der Waals surface area contributed by atoms with Crippen LogP contribution in [0.15, 0.2) is 60.7 Å². The van der Waals surface area contributed by atoms with E-state index in [-0.39, 0.29) is 29.1 Å². The number of hydrogen-bond acceptors (Lipinski definition) is 5. The zero-order valence-electron chi connectivity index (χ0n) is 18.8. The number of fused-ring (bicyclic) bond motifs is 1. The molecule has 1 saturated heterocycles. The Hall–Kier alpha value is -3.18. The van der Waals surface area contributed by atoms with Gasteiger partial charge in [-0.05, 0) is 91.7 Å². The molecule has 0 amide bonds. The fourth-order valence-corrected chi connectivity index (χ4v) is 5.47. The summed E-state index contributed by atoms with van der Waals surface area (Å²) in [4.78, 5) is 2.44. The highest BCUT2D eigenvalue weighted by Crippen LogP contribution is 2.50. The van der Waals surface area contributed by atoms with E-state index in [0.717, 1.165) is 47.4 Å². The molecule has 0 unspecified atom stereocenters. The zero-order valence-corrected chi connectivity index (χ0v) is 18.8. The predicted molar refractivity (Wildman–Crippen MR) is 128 cm³/mol. The highest BCUT2D eigenvalue weighted by Gasteiger charge is 2.34. The van der Waals surface area contributed by atoms with E-state index in [0.29, 0.717) is 6.61 Å². The van der Waals surface area contributed by atoms with Crippen molar-refractivity contribution >= 4 is 0 Å². The lowest BCUT2D eigenvalue weighted by molar-refractivity contribution is 0.237. The maximum Gasteiger partial charge on any atom is 0.123 e. The molecular formula is C28H31NO4. The number of likely N-dealkylation sites (tertiary alicyclic amines) is 1. The van der Waals surface area contributed by atoms with Crippen molar-refractivity contribution in [1.29, 1.82) is 0 Å². The van der Waals surface area contributed by atoms with Crippen molar-refractivity contribution in [3.05, 3.63) is 82.9 Å². The van der Waals surface area contributed by atoms with E-state index >= 15 is 0 Å². The van der Waals surface area contributed by atoms with Crippen LogP contribution in [0, 0.1) is 0 Å². The average Bonchev–Trinajstić information content (AvgIpc) is 3.33. The molecule has 1 heterocycles. The largest absolute Gasteiger partial charge is 0.508 e. The number of nitrogens with zero attached hydrogens (tertiary/aromatic N) is 1. The monoisotopic (exact) mass is 445 g/mol. The van der Waals surface area contributed by atoms with Crippen molar-refractivity contribution < 1.29 is 20.1 Å². The topological polar surface area (TPSA) is 73.2 Å². The van der Waals surface area contributed by atoms with Gasteiger partial charge in [-0.1, -0.05) is 24.3 Å². The zero-order chi connectivity index (χ0) is 22.8. The lowest BCUT2D eigenvalue weighted by atomic mass is 9.69. The van der Waals surface area contributed by atoms with Crippen LogP contribution >= 0.6 is 0 Å². The number of phenols is 3. The molecular weight excluding hydrogens is 414 g/mol. The molecule has 1 fully saturated rings. The number of ether oxygens (including phenoxy) is 1. The third kappa shape index (κ3) is 4.64. The quantitative estimate of drug-likeness (QED) is 0.490. The summed E-state index contributed by atoms with van der Waals surface area (Å²) < 4.78 is 5.99. The Balaban J connectivity index is 1.43. The van der Waals surface area contributed by atoms with Crippen molar-refractivity contribution in [1.82, 2.24) is 4.90 Å². The highest BCUT2D eigenvalue weighted by molar-refractivity contribution is 5.54. The van der Waals surface area contributed by atoms with Crippen LogP contribution < -0.4 is 4.74 Å². The van der Waals surface area contributed by atoms with Gasteiger partial charge < -0.3 is 20.1 Å². The van der Waals surface area contributed by atoms with Gasteiger partial charge in [0.25, 0.3) is 0 Å². The van der Waals surface area contributed by atoms with Gasteiger partial charge >= 0.3 is 0 Å². The van der Waals surface area contributed by atoms with Crippen LogP contribution in [0.25, 0.3) is 0 Å². The Morgan fingerprint density at radius 1 is 0.818 bits per heavy atom. The van der Waals surface area contributed by atoms with Crippen molar-refractivity contribution in [3.63, 3.8) is 0 Å². The molecule has 3 aromatic rings. The second kappa shape index (κ2) is 9.36. The van der Waals surface area contributed by atoms with Gasteiger partial charge in [0.2, 0.25) is 0 Å². The van der Waals surface area contributed by atoms with Crippen LogP contribution in [0.1, 0.15) is 53.4 Å². The van der Waals surface area contributed by atoms with Crippen LogP contribution in [0.3, 0.4) is 0 Å². The van der Waals surface area contributed by atoms with E-state index in [1.807, 2.05) is 24.3 Å². The van der Waals surface area contributed by atoms with Crippen LogP contribution in [-0.2, 0) is 6.42 Å². The Morgan fingerprint density at radius 3 is 2.24 bits per heavy atom. The van der Waals surface area contributed by atoms with Crippen LogP contribution in [-0.4, -0.2) is 46.5 Å². The first-order valence-electron chi connectivity index (χ1n) is 11.9. The Bertz CT molecular complexity index is 1090. The molecule has 0 spiro atoms. The first-order chi connectivity index (χ1) is 16.1. The summed E-state index contributed by atoms with van der Waals surface area (Å²) in [5.41, 5.74) is 4.09. The molecule has 0 radical (unpaired) electrons. The van der Waals surface area contributed by atoms with Gasteiger partial charge in [0, 0.05) is 24.1 Å². The minimum atomic E-state index is -0.0578. The fourth-order valence-electron chi connectivity index (χ4n) is 5.47. The molecule has 3 aromatic carbocycles. The second-order valence-corrected chi connectivity index (χ2v) is 9.22. The second-order valence-electron chi connectivity index (χ2n) is 9.22. The Morgan fingerprint density at radius 2 is 1.52 bits per heavy atom. The van der Waals surface area contributed by atoms with Crippen molar-refractivity contribution in [3.8, 4) is 23.0 Å². The van der Waals surface area contributed by atoms with Crippen LogP contribution in [0.2, 0.25) is 0 Å². The van der Waals surface area contributed by atoms with Gasteiger partial charge in [0.05, 0.1) is 0 Å². The molecule has 0 saturated carbocycles. The molecule has 5 heteroatoms. The Labute approximate surface area is 194 Å². The van der Waals surface area contributed by atoms with Gasteiger partial charge in [-0.2, -0.15) is 0 Å². The van der Waals surface area contributed by atoms with Gasteiger partial charge in [-0.15, -0.1) is 0 Å². The summed E-state index contributed by atoms with van der Waals surface area (Å²) in [6, 6.07) is 18.8. The van der Waals surface area contributed by atoms with Crippen molar-refractivity contribution in [2.75, 3.05) is 26.2 Å². The van der Waals surface area contributed by atoms with E-state index in [1.165, 1.54) is 32.0 Å². The molecule has 3 N–H and O–H groups in total. The van der Waals surface area contributed by atoms with Gasteiger partial charge in [0.15, 0.2) is 0 Å². The maximum atomic E-state index is 10.8. The smallest absolute Gasteiger partial charge is 0.123 e. The predicted octanol–water partition coefficient (Wildman–Crippen LogP) is 5.14. The molecule has 1 aliphatic carbocycles. The van der Waals surface area contributed by atoms with Crippen LogP contribution in [0.5, 0.6) is 23.0 Å². The SMILES string of the molecule is Oc1ccc([C@H]2CCc3cc(O)cc(O)c3[C@H]2c2ccc(OCCN3CCCC3)cc2)cc1. The third-order valence-electron chi connectivity index (χ3n) is 7.10. The summed E-state index contributed by atoms with van der Waals surface area (Å²) in [5.74, 6) is 1.41. The maximum absolute atomic E-state index is 10.8. The highest BCUT2D eigenvalue weighted by atomic mass is 16.5. The number of rotatable bonds is 6. The third-order valence-corrected chi connectivity index (χ3v) is 7.10. The number of aryl methyl sites for hydroxylation is 1. The summed E-state index contributed by atoms with van der Waals surface area (Å²) >= 11 is 0. The first-order valence-corrected chi connectivity index (χ1v) is 11.9.